The number of para-hydroxylation sites is 1. The molecule has 0 atom stereocenters. The van der Waals surface area contributed by atoms with Gasteiger partial charge in [-0.25, -0.2) is 4.79 Å². The van der Waals surface area contributed by atoms with Gasteiger partial charge < -0.3 is 14.9 Å². The molecule has 0 aliphatic carbocycles. The van der Waals surface area contributed by atoms with E-state index in [1.165, 1.54) is 5.56 Å². The fraction of sp³-hybridized carbons (Fsp3) is 0.235. The SMILES string of the molecule is Cc1ccc(OCCCn2c(=O)oc3cccc(N)c32)cc1. The van der Waals surface area contributed by atoms with E-state index in [9.17, 15) is 4.79 Å². The van der Waals surface area contributed by atoms with Gasteiger partial charge in [0.15, 0.2) is 5.58 Å². The van der Waals surface area contributed by atoms with Crippen molar-refractivity contribution >= 4 is 16.8 Å². The van der Waals surface area contributed by atoms with Crippen LogP contribution in [0.25, 0.3) is 11.1 Å². The molecule has 0 amide bonds. The van der Waals surface area contributed by atoms with Gasteiger partial charge in [0.25, 0.3) is 0 Å². The van der Waals surface area contributed by atoms with Gasteiger partial charge in [-0.1, -0.05) is 23.8 Å². The first kappa shape index (κ1) is 14.3. The van der Waals surface area contributed by atoms with E-state index in [0.717, 1.165) is 5.75 Å². The molecule has 0 bridgehead atoms. The number of nitrogens with zero attached hydrogens (tertiary/aromatic N) is 1. The molecule has 0 spiro atoms. The molecular formula is C17H18N2O3. The van der Waals surface area contributed by atoms with Crippen molar-refractivity contribution in [1.82, 2.24) is 4.57 Å². The zero-order valence-electron chi connectivity index (χ0n) is 12.4. The van der Waals surface area contributed by atoms with Crippen molar-refractivity contribution in [2.24, 2.45) is 0 Å². The van der Waals surface area contributed by atoms with Gasteiger partial charge >= 0.3 is 5.76 Å². The lowest BCUT2D eigenvalue weighted by atomic mass is 10.2. The first-order valence-corrected chi connectivity index (χ1v) is 7.22. The number of nitrogens with two attached hydrogens (primary N) is 1. The highest BCUT2D eigenvalue weighted by Crippen LogP contribution is 2.20. The highest BCUT2D eigenvalue weighted by atomic mass is 16.5. The lowest BCUT2D eigenvalue weighted by Crippen LogP contribution is -2.16. The summed E-state index contributed by atoms with van der Waals surface area (Å²) < 4.78 is 12.4. The van der Waals surface area contributed by atoms with Crippen LogP contribution in [-0.2, 0) is 6.54 Å². The fourth-order valence-electron chi connectivity index (χ4n) is 2.40. The van der Waals surface area contributed by atoms with Crippen LogP contribution in [0.3, 0.4) is 0 Å². The third-order valence-electron chi connectivity index (χ3n) is 3.53. The summed E-state index contributed by atoms with van der Waals surface area (Å²) >= 11 is 0. The molecule has 1 heterocycles. The number of ether oxygens (including phenoxy) is 1. The van der Waals surface area contributed by atoms with Gasteiger partial charge in [0.2, 0.25) is 0 Å². The average Bonchev–Trinajstić information content (AvgIpc) is 2.82. The van der Waals surface area contributed by atoms with E-state index in [-0.39, 0.29) is 5.76 Å². The quantitative estimate of drug-likeness (QED) is 0.580. The van der Waals surface area contributed by atoms with Gasteiger partial charge in [-0.15, -0.1) is 0 Å². The van der Waals surface area contributed by atoms with Gasteiger partial charge in [0, 0.05) is 6.54 Å². The number of aryl methyl sites for hydroxylation is 2. The molecule has 5 nitrogen and oxygen atoms in total. The van der Waals surface area contributed by atoms with Crippen molar-refractivity contribution in [3.05, 3.63) is 58.6 Å². The summed E-state index contributed by atoms with van der Waals surface area (Å²) in [5.41, 5.74) is 8.84. The molecule has 22 heavy (non-hydrogen) atoms. The molecule has 0 saturated carbocycles. The maximum Gasteiger partial charge on any atom is 0.420 e. The minimum Gasteiger partial charge on any atom is -0.494 e. The zero-order chi connectivity index (χ0) is 15.5. The van der Waals surface area contributed by atoms with Crippen LogP contribution in [-0.4, -0.2) is 11.2 Å². The van der Waals surface area contributed by atoms with E-state index >= 15 is 0 Å². The average molecular weight is 298 g/mol. The number of hydrogen-bond acceptors (Lipinski definition) is 4. The molecule has 5 heteroatoms. The first-order valence-electron chi connectivity index (χ1n) is 7.22. The van der Waals surface area contributed by atoms with Crippen LogP contribution in [0, 0.1) is 6.92 Å². The summed E-state index contributed by atoms with van der Waals surface area (Å²) in [7, 11) is 0. The molecule has 0 fully saturated rings. The van der Waals surface area contributed by atoms with E-state index in [4.69, 9.17) is 14.9 Å². The van der Waals surface area contributed by atoms with Crippen molar-refractivity contribution < 1.29 is 9.15 Å². The minimum atomic E-state index is -0.386. The molecule has 2 aromatic carbocycles. The molecule has 1 aromatic heterocycles. The van der Waals surface area contributed by atoms with Crippen LogP contribution in [0.15, 0.2) is 51.7 Å². The summed E-state index contributed by atoms with van der Waals surface area (Å²) in [5, 5.41) is 0. The van der Waals surface area contributed by atoms with E-state index in [1.54, 1.807) is 22.8 Å². The van der Waals surface area contributed by atoms with Gasteiger partial charge in [-0.3, -0.25) is 4.57 Å². The van der Waals surface area contributed by atoms with Crippen molar-refractivity contribution in [2.75, 3.05) is 12.3 Å². The normalized spacial score (nSPS) is 11.0. The second kappa shape index (κ2) is 5.97. The Labute approximate surface area is 127 Å². The minimum absolute atomic E-state index is 0.386. The van der Waals surface area contributed by atoms with Gasteiger partial charge in [0.1, 0.15) is 11.3 Å². The molecule has 3 aromatic rings. The molecule has 114 valence electrons. The van der Waals surface area contributed by atoms with Crippen LogP contribution in [0.4, 0.5) is 5.69 Å². The standard InChI is InChI=1S/C17H18N2O3/c1-12-6-8-13(9-7-12)21-11-3-10-19-16-14(18)4-2-5-15(16)22-17(19)20/h2,4-9H,3,10-11,18H2,1H3. The second-order valence-corrected chi connectivity index (χ2v) is 5.23. The summed E-state index contributed by atoms with van der Waals surface area (Å²) in [6.07, 6.45) is 0.691. The number of rotatable bonds is 5. The topological polar surface area (TPSA) is 70.4 Å². The molecule has 2 N–H and O–H groups in total. The fourth-order valence-corrected chi connectivity index (χ4v) is 2.40. The summed E-state index contributed by atoms with van der Waals surface area (Å²) in [6, 6.07) is 13.2. The summed E-state index contributed by atoms with van der Waals surface area (Å²) in [6.45, 7) is 3.06. The molecule has 0 radical (unpaired) electrons. The van der Waals surface area contributed by atoms with Crippen LogP contribution in [0.1, 0.15) is 12.0 Å². The third kappa shape index (κ3) is 2.83. The Morgan fingerprint density at radius 2 is 1.95 bits per heavy atom. The van der Waals surface area contributed by atoms with Gasteiger partial charge in [-0.2, -0.15) is 0 Å². The Kier molecular flexibility index (Phi) is 3.87. The number of oxazole rings is 1. The second-order valence-electron chi connectivity index (χ2n) is 5.23. The van der Waals surface area contributed by atoms with Crippen molar-refractivity contribution in [3.63, 3.8) is 0 Å². The van der Waals surface area contributed by atoms with Crippen molar-refractivity contribution in [2.45, 2.75) is 19.9 Å². The Morgan fingerprint density at radius 3 is 2.73 bits per heavy atom. The molecule has 0 aliphatic rings. The largest absolute Gasteiger partial charge is 0.494 e. The number of hydrogen-bond donors (Lipinski definition) is 1. The number of aromatic nitrogens is 1. The lowest BCUT2D eigenvalue weighted by molar-refractivity contribution is 0.300. The predicted molar refractivity (Wildman–Crippen MR) is 86.2 cm³/mol. The van der Waals surface area contributed by atoms with E-state index in [0.29, 0.717) is 36.4 Å². The smallest absolute Gasteiger partial charge is 0.420 e. The van der Waals surface area contributed by atoms with Crippen LogP contribution in [0.2, 0.25) is 0 Å². The maximum atomic E-state index is 11.9. The molecule has 0 unspecified atom stereocenters. The van der Waals surface area contributed by atoms with Gasteiger partial charge in [0.05, 0.1) is 12.3 Å². The van der Waals surface area contributed by atoms with E-state index in [1.807, 2.05) is 31.2 Å². The zero-order valence-corrected chi connectivity index (χ0v) is 12.4. The number of anilines is 1. The Morgan fingerprint density at radius 1 is 1.18 bits per heavy atom. The lowest BCUT2D eigenvalue weighted by Gasteiger charge is -2.07. The van der Waals surface area contributed by atoms with E-state index < -0.39 is 0 Å². The highest BCUT2D eigenvalue weighted by Gasteiger charge is 2.11. The molecular weight excluding hydrogens is 280 g/mol. The Bertz CT molecular complexity index is 831. The monoisotopic (exact) mass is 298 g/mol. The highest BCUT2D eigenvalue weighted by molar-refractivity contribution is 5.85. The molecule has 0 aliphatic heterocycles. The predicted octanol–water partition coefficient (Wildman–Crippen LogP) is 2.95. The van der Waals surface area contributed by atoms with Crippen molar-refractivity contribution in [3.8, 4) is 5.75 Å². The summed E-state index contributed by atoms with van der Waals surface area (Å²) in [5.74, 6) is 0.442. The van der Waals surface area contributed by atoms with Crippen molar-refractivity contribution in [1.29, 1.82) is 0 Å². The Hall–Kier alpha value is -2.69. The van der Waals surface area contributed by atoms with Gasteiger partial charge in [-0.05, 0) is 37.6 Å². The first-order chi connectivity index (χ1) is 10.6. The summed E-state index contributed by atoms with van der Waals surface area (Å²) in [4.78, 5) is 11.9. The number of fused-ring (bicyclic) bond motifs is 1. The van der Waals surface area contributed by atoms with Crippen LogP contribution in [0.5, 0.6) is 5.75 Å². The van der Waals surface area contributed by atoms with E-state index in [2.05, 4.69) is 0 Å². The Balaban J connectivity index is 1.66. The van der Waals surface area contributed by atoms with Crippen LogP contribution < -0.4 is 16.2 Å². The molecule has 0 saturated heterocycles. The number of benzene rings is 2. The third-order valence-corrected chi connectivity index (χ3v) is 3.53. The molecule has 3 rings (SSSR count). The maximum absolute atomic E-state index is 11.9. The van der Waals surface area contributed by atoms with Crippen LogP contribution >= 0.6 is 0 Å². The number of nitrogen functional groups attached to an aromatic ring is 1.